The molecule has 2 aromatic carbocycles. The quantitative estimate of drug-likeness (QED) is 0.460. The van der Waals surface area contributed by atoms with Crippen molar-refractivity contribution in [2.24, 2.45) is 0 Å². The Hall–Kier alpha value is -3.17. The molecule has 3 aromatic rings. The van der Waals surface area contributed by atoms with Crippen molar-refractivity contribution in [3.05, 3.63) is 71.8 Å². The molecule has 3 heterocycles. The fraction of sp³-hybridized carbons (Fsp3) is 0.407. The molecule has 194 valence electrons. The number of sulfonamides is 1. The van der Waals surface area contributed by atoms with Crippen molar-refractivity contribution in [2.75, 3.05) is 20.1 Å². The van der Waals surface area contributed by atoms with Gasteiger partial charge >= 0.3 is 0 Å². The van der Waals surface area contributed by atoms with E-state index in [0.717, 1.165) is 17.0 Å². The number of aromatic nitrogens is 2. The maximum atomic E-state index is 13.2. The first kappa shape index (κ1) is 27.4. The molecule has 0 aliphatic carbocycles. The zero-order valence-corrected chi connectivity index (χ0v) is 22.5. The van der Waals surface area contributed by atoms with Crippen LogP contribution in [-0.4, -0.2) is 53.6 Å². The van der Waals surface area contributed by atoms with Crippen molar-refractivity contribution in [1.29, 1.82) is 0 Å². The monoisotopic (exact) mass is 512 g/mol. The summed E-state index contributed by atoms with van der Waals surface area (Å²) in [5, 5.41) is 0. The van der Waals surface area contributed by atoms with E-state index in [0.29, 0.717) is 30.9 Å². The number of nitrogens with zero attached hydrogens (tertiary/aromatic N) is 3. The van der Waals surface area contributed by atoms with E-state index in [4.69, 9.17) is 4.74 Å². The number of H-pyrrole nitrogens is 1. The number of fused-ring (bicyclic) bond motifs is 7. The predicted molar refractivity (Wildman–Crippen MR) is 141 cm³/mol. The van der Waals surface area contributed by atoms with Crippen molar-refractivity contribution >= 4 is 15.9 Å². The second kappa shape index (κ2) is 12.2. The number of benzene rings is 2. The molecule has 9 heteroatoms. The van der Waals surface area contributed by atoms with E-state index in [1.165, 1.54) is 23.5 Å². The van der Waals surface area contributed by atoms with Crippen LogP contribution in [0.3, 0.4) is 0 Å². The number of hydrogen-bond donors (Lipinski definition) is 1. The van der Waals surface area contributed by atoms with Crippen LogP contribution in [0.2, 0.25) is 0 Å². The molecule has 0 fully saturated rings. The molecule has 8 nitrogen and oxygen atoms in total. The molecule has 2 aliphatic heterocycles. The number of carbonyl (C=O) groups is 1. The highest BCUT2D eigenvalue weighted by Crippen LogP contribution is 2.33. The first-order valence-corrected chi connectivity index (χ1v) is 14.0. The molecule has 1 amide bonds. The van der Waals surface area contributed by atoms with Gasteiger partial charge < -0.3 is 14.6 Å². The van der Waals surface area contributed by atoms with Crippen molar-refractivity contribution in [3.8, 4) is 11.5 Å². The van der Waals surface area contributed by atoms with Crippen LogP contribution in [0.15, 0.2) is 59.8 Å². The summed E-state index contributed by atoms with van der Waals surface area (Å²) in [7, 11) is -2.26. The highest BCUT2D eigenvalue weighted by atomic mass is 32.2. The van der Waals surface area contributed by atoms with Crippen LogP contribution in [-0.2, 0) is 27.7 Å². The Kier molecular flexibility index (Phi) is 9.28. The third-order valence-electron chi connectivity index (χ3n) is 6.08. The van der Waals surface area contributed by atoms with E-state index in [2.05, 4.69) is 9.97 Å². The molecule has 4 bridgehead atoms. The largest absolute Gasteiger partial charge is 0.457 e. The van der Waals surface area contributed by atoms with Crippen molar-refractivity contribution in [2.45, 2.75) is 57.9 Å². The number of ether oxygens (including phenoxy) is 1. The Morgan fingerprint density at radius 2 is 1.67 bits per heavy atom. The van der Waals surface area contributed by atoms with E-state index in [1.807, 2.05) is 56.9 Å². The SMILES string of the molecule is CC.CC.CN1CCC(=O)N2CCc3[nH]cnc3C2Cc2cccc(c2)Oc2cccc(c2)S1(=O)=O. The Balaban J connectivity index is 0.000000861. The number of imidazole rings is 1. The normalized spacial score (nSPS) is 19.0. The molecule has 36 heavy (non-hydrogen) atoms. The van der Waals surface area contributed by atoms with Gasteiger partial charge in [-0.25, -0.2) is 17.7 Å². The number of rotatable bonds is 0. The summed E-state index contributed by atoms with van der Waals surface area (Å²) >= 11 is 0. The molecule has 0 radical (unpaired) electrons. The van der Waals surface area contributed by atoms with E-state index in [1.54, 1.807) is 18.5 Å². The molecule has 0 saturated heterocycles. The third-order valence-corrected chi connectivity index (χ3v) is 7.94. The topological polar surface area (TPSA) is 95.6 Å². The minimum Gasteiger partial charge on any atom is -0.457 e. The summed E-state index contributed by atoms with van der Waals surface area (Å²) in [6, 6.07) is 13.9. The van der Waals surface area contributed by atoms with Crippen molar-refractivity contribution in [3.63, 3.8) is 0 Å². The van der Waals surface area contributed by atoms with Gasteiger partial charge in [-0.15, -0.1) is 0 Å². The van der Waals surface area contributed by atoms with Crippen LogP contribution < -0.4 is 4.74 Å². The molecule has 1 atom stereocenters. The van der Waals surface area contributed by atoms with Gasteiger partial charge in [0.2, 0.25) is 15.9 Å². The van der Waals surface area contributed by atoms with Gasteiger partial charge in [-0.05, 0) is 36.2 Å². The number of amides is 1. The molecule has 5 rings (SSSR count). The first-order chi connectivity index (χ1) is 17.4. The molecule has 0 spiro atoms. The Morgan fingerprint density at radius 3 is 2.42 bits per heavy atom. The van der Waals surface area contributed by atoms with Gasteiger partial charge in [0.1, 0.15) is 11.5 Å². The van der Waals surface area contributed by atoms with E-state index >= 15 is 0 Å². The lowest BCUT2D eigenvalue weighted by Crippen LogP contribution is -2.42. The molecule has 1 N–H and O–H groups in total. The van der Waals surface area contributed by atoms with Gasteiger partial charge in [-0.3, -0.25) is 4.79 Å². The number of hydrogen-bond acceptors (Lipinski definition) is 5. The minimum absolute atomic E-state index is 0.0817. The zero-order valence-electron chi connectivity index (χ0n) is 21.7. The van der Waals surface area contributed by atoms with Crippen LogP contribution in [0.1, 0.15) is 57.1 Å². The van der Waals surface area contributed by atoms with Crippen molar-refractivity contribution < 1.29 is 17.9 Å². The maximum absolute atomic E-state index is 13.2. The lowest BCUT2D eigenvalue weighted by Gasteiger charge is -2.35. The predicted octanol–water partition coefficient (Wildman–Crippen LogP) is 4.95. The number of nitrogens with one attached hydrogen (secondary N) is 1. The molecule has 2 aliphatic rings. The van der Waals surface area contributed by atoms with Crippen LogP contribution in [0.5, 0.6) is 11.5 Å². The standard InChI is InChI=1S/C23H24N4O4S.2C2H6/c1-26-10-9-22(28)27-11-8-20-23(25-15-24-20)21(27)13-16-4-2-5-17(12-16)31-18-6-3-7-19(14-18)32(26,29)30;2*1-2/h2-7,12,14-15,21H,8-11,13H2,1H3,(H,24,25);2*1-2H3. The average molecular weight is 513 g/mol. The molecular formula is C27H36N4O4S. The van der Waals surface area contributed by atoms with Gasteiger partial charge in [0.05, 0.1) is 23.0 Å². The van der Waals surface area contributed by atoms with Gasteiger partial charge in [-0.2, -0.15) is 0 Å². The smallest absolute Gasteiger partial charge is 0.242 e. The summed E-state index contributed by atoms with van der Waals surface area (Å²) in [6.45, 7) is 8.66. The maximum Gasteiger partial charge on any atom is 0.242 e. The summed E-state index contributed by atoms with van der Waals surface area (Å²) in [5.74, 6) is 0.967. The Bertz CT molecular complexity index is 1270. The Morgan fingerprint density at radius 1 is 0.972 bits per heavy atom. The van der Waals surface area contributed by atoms with Crippen LogP contribution in [0.4, 0.5) is 0 Å². The average Bonchev–Trinajstić information content (AvgIpc) is 3.39. The second-order valence-electron chi connectivity index (χ2n) is 8.12. The number of aromatic amines is 1. The fourth-order valence-corrected chi connectivity index (χ4v) is 5.56. The van der Waals surface area contributed by atoms with Crippen LogP contribution in [0, 0.1) is 0 Å². The Labute approximate surface area is 214 Å². The summed E-state index contributed by atoms with van der Waals surface area (Å²) in [6.07, 6.45) is 3.05. The van der Waals surface area contributed by atoms with Gasteiger partial charge in [0, 0.05) is 44.7 Å². The summed E-state index contributed by atoms with van der Waals surface area (Å²) in [4.78, 5) is 22.9. The van der Waals surface area contributed by atoms with Crippen molar-refractivity contribution in [1.82, 2.24) is 19.2 Å². The van der Waals surface area contributed by atoms with Gasteiger partial charge in [0.25, 0.3) is 0 Å². The van der Waals surface area contributed by atoms with E-state index in [9.17, 15) is 13.2 Å². The van der Waals surface area contributed by atoms with Crippen LogP contribution in [0.25, 0.3) is 0 Å². The molecule has 1 aromatic heterocycles. The molecule has 1 unspecified atom stereocenters. The fourth-order valence-electron chi connectivity index (χ4n) is 4.35. The molecule has 0 saturated carbocycles. The number of carbonyl (C=O) groups excluding carboxylic acids is 1. The van der Waals surface area contributed by atoms with Gasteiger partial charge in [-0.1, -0.05) is 45.9 Å². The minimum atomic E-state index is -3.76. The van der Waals surface area contributed by atoms with Gasteiger partial charge in [0.15, 0.2) is 0 Å². The molecular weight excluding hydrogens is 476 g/mol. The third kappa shape index (κ3) is 5.79. The van der Waals surface area contributed by atoms with E-state index in [-0.39, 0.29) is 29.8 Å². The highest BCUT2D eigenvalue weighted by molar-refractivity contribution is 7.89. The van der Waals surface area contributed by atoms with Crippen LogP contribution >= 0.6 is 0 Å². The summed E-state index contributed by atoms with van der Waals surface area (Å²) in [5.41, 5.74) is 2.92. The second-order valence-corrected chi connectivity index (χ2v) is 10.2. The zero-order chi connectivity index (χ0) is 26.3. The lowest BCUT2D eigenvalue weighted by atomic mass is 9.95. The summed E-state index contributed by atoms with van der Waals surface area (Å²) < 4.78 is 33.3. The van der Waals surface area contributed by atoms with E-state index < -0.39 is 10.0 Å². The first-order valence-electron chi connectivity index (χ1n) is 12.6. The highest BCUT2D eigenvalue weighted by Gasteiger charge is 2.33. The lowest BCUT2D eigenvalue weighted by molar-refractivity contribution is -0.134.